The molecule has 0 spiro atoms. The normalized spacial score (nSPS) is 23.6. The van der Waals surface area contributed by atoms with E-state index in [-0.39, 0.29) is 17.9 Å². The average Bonchev–Trinajstić information content (AvgIpc) is 3.17. The highest BCUT2D eigenvalue weighted by molar-refractivity contribution is 6.30. The molecule has 0 aliphatic carbocycles. The number of hydrogen-bond donors (Lipinski definition) is 2. The van der Waals surface area contributed by atoms with Crippen LogP contribution in [0.15, 0.2) is 24.3 Å². The summed E-state index contributed by atoms with van der Waals surface area (Å²) in [6.45, 7) is 8.53. The third kappa shape index (κ3) is 6.93. The molecule has 2 heterocycles. The summed E-state index contributed by atoms with van der Waals surface area (Å²) in [5.74, 6) is 0.832. The fourth-order valence-corrected chi connectivity index (χ4v) is 4.56. The number of nitrogens with zero attached hydrogens (tertiary/aromatic N) is 2. The van der Waals surface area contributed by atoms with Gasteiger partial charge in [0.2, 0.25) is 0 Å². The van der Waals surface area contributed by atoms with Crippen molar-refractivity contribution in [3.63, 3.8) is 0 Å². The van der Waals surface area contributed by atoms with Gasteiger partial charge in [0, 0.05) is 37.1 Å². The van der Waals surface area contributed by atoms with Crippen LogP contribution in [0, 0.1) is 11.8 Å². The Morgan fingerprint density at radius 2 is 1.97 bits per heavy atom. The van der Waals surface area contributed by atoms with Crippen LogP contribution >= 0.6 is 11.6 Å². The van der Waals surface area contributed by atoms with E-state index in [9.17, 15) is 4.79 Å². The number of hydrogen-bond acceptors (Lipinski definition) is 6. The van der Waals surface area contributed by atoms with Crippen molar-refractivity contribution in [1.29, 1.82) is 0 Å². The molecular weight excluding hydrogens is 388 g/mol. The summed E-state index contributed by atoms with van der Waals surface area (Å²) in [4.78, 5) is 17.1. The first kappa shape index (κ1) is 22.5. The molecule has 0 bridgehead atoms. The number of nitrogens with one attached hydrogen (secondary N) is 2. The molecule has 0 amide bonds. The number of ether oxygens (including phenoxy) is 1. The molecule has 0 radical (unpaired) electrons. The number of likely N-dealkylation sites (tertiary alicyclic amines) is 1. The van der Waals surface area contributed by atoms with Gasteiger partial charge in [0.05, 0.1) is 6.61 Å². The van der Waals surface area contributed by atoms with Gasteiger partial charge in [-0.05, 0) is 69.9 Å². The van der Waals surface area contributed by atoms with E-state index in [0.29, 0.717) is 6.61 Å². The van der Waals surface area contributed by atoms with E-state index in [1.165, 1.54) is 31.5 Å². The molecule has 6 nitrogen and oxygen atoms in total. The van der Waals surface area contributed by atoms with E-state index < -0.39 is 0 Å². The quantitative estimate of drug-likeness (QED) is 0.595. The summed E-state index contributed by atoms with van der Waals surface area (Å²) in [5.41, 5.74) is 7.54. The van der Waals surface area contributed by atoms with Crippen molar-refractivity contribution in [2.45, 2.75) is 32.2 Å². The zero-order valence-electron chi connectivity index (χ0n) is 17.7. The van der Waals surface area contributed by atoms with E-state index in [2.05, 4.69) is 39.8 Å². The Hall–Kier alpha value is -1.18. The number of carbonyl (C=O) groups excluding carboxylic acids is 1. The van der Waals surface area contributed by atoms with Crippen LogP contribution in [0.4, 0.5) is 0 Å². The number of carbonyl (C=O) groups is 1. The molecule has 1 aromatic rings. The topological polar surface area (TPSA) is 56.8 Å². The van der Waals surface area contributed by atoms with Crippen LogP contribution in [0.5, 0.6) is 0 Å². The second kappa shape index (κ2) is 11.3. The van der Waals surface area contributed by atoms with E-state index >= 15 is 0 Å². The fraction of sp³-hybridized carbons (Fsp3) is 0.682. The van der Waals surface area contributed by atoms with Gasteiger partial charge in [-0.3, -0.25) is 10.2 Å². The Morgan fingerprint density at radius 3 is 2.66 bits per heavy atom. The Labute approximate surface area is 179 Å². The maximum Gasteiger partial charge on any atom is 0.324 e. The summed E-state index contributed by atoms with van der Waals surface area (Å²) < 4.78 is 5.19. The summed E-state index contributed by atoms with van der Waals surface area (Å²) in [5, 5.41) is 0.802. The van der Waals surface area contributed by atoms with Gasteiger partial charge in [-0.1, -0.05) is 23.7 Å². The number of esters is 1. The van der Waals surface area contributed by atoms with Crippen LogP contribution in [0.2, 0.25) is 5.02 Å². The van der Waals surface area contributed by atoms with Crippen molar-refractivity contribution in [2.24, 2.45) is 11.8 Å². The van der Waals surface area contributed by atoms with Crippen molar-refractivity contribution in [3.05, 3.63) is 34.9 Å². The number of hydrazine groups is 1. The first-order valence-electron chi connectivity index (χ1n) is 10.9. The van der Waals surface area contributed by atoms with Crippen LogP contribution in [0.25, 0.3) is 0 Å². The van der Waals surface area contributed by atoms with Gasteiger partial charge in [-0.2, -0.15) is 0 Å². The van der Waals surface area contributed by atoms with E-state index in [1.807, 2.05) is 19.1 Å². The maximum absolute atomic E-state index is 12.1. The van der Waals surface area contributed by atoms with Crippen molar-refractivity contribution in [3.8, 4) is 0 Å². The Balaban J connectivity index is 1.35. The van der Waals surface area contributed by atoms with Gasteiger partial charge in [-0.25, -0.2) is 5.43 Å². The number of benzene rings is 1. The van der Waals surface area contributed by atoms with Crippen LogP contribution in [0.1, 0.15) is 25.3 Å². The molecule has 2 aliphatic heterocycles. The molecule has 2 N–H and O–H groups in total. The van der Waals surface area contributed by atoms with Gasteiger partial charge in [0.1, 0.15) is 6.04 Å². The lowest BCUT2D eigenvalue weighted by molar-refractivity contribution is -0.146. The van der Waals surface area contributed by atoms with Crippen molar-refractivity contribution < 1.29 is 9.53 Å². The van der Waals surface area contributed by atoms with Crippen LogP contribution in [0.3, 0.4) is 0 Å². The monoisotopic (exact) mass is 422 g/mol. The smallest absolute Gasteiger partial charge is 0.324 e. The highest BCUT2D eigenvalue weighted by atomic mass is 35.5. The largest absolute Gasteiger partial charge is 0.465 e. The molecule has 3 rings (SSSR count). The highest BCUT2D eigenvalue weighted by Gasteiger charge is 2.34. The van der Waals surface area contributed by atoms with E-state index in [4.69, 9.17) is 16.3 Å². The molecule has 7 heteroatoms. The highest BCUT2D eigenvalue weighted by Crippen LogP contribution is 2.20. The van der Waals surface area contributed by atoms with Crippen LogP contribution < -0.4 is 10.9 Å². The number of halogens is 1. The zero-order valence-corrected chi connectivity index (χ0v) is 18.5. The summed E-state index contributed by atoms with van der Waals surface area (Å²) in [7, 11) is 2.17. The molecular formula is C22H35ClN4O2. The van der Waals surface area contributed by atoms with Gasteiger partial charge >= 0.3 is 5.97 Å². The standard InChI is InChI=1S/C22H35ClN4O2/c1-3-29-22(28)21-19(14-24-25-21)16-26(2)15-18-9-12-27(13-10-18)11-8-17-4-6-20(23)7-5-17/h4-7,18-19,21,24-25H,3,8-16H2,1-2H3. The van der Waals surface area contributed by atoms with Crippen LogP contribution in [-0.4, -0.2) is 74.7 Å². The molecule has 2 atom stereocenters. The minimum Gasteiger partial charge on any atom is -0.465 e. The lowest BCUT2D eigenvalue weighted by Crippen LogP contribution is -2.44. The third-order valence-electron chi connectivity index (χ3n) is 6.09. The van der Waals surface area contributed by atoms with Gasteiger partial charge in [-0.15, -0.1) is 0 Å². The SMILES string of the molecule is CCOC(=O)C1NNCC1CN(C)CC1CCN(CCc2ccc(Cl)cc2)CC1. The van der Waals surface area contributed by atoms with Gasteiger partial charge < -0.3 is 14.5 Å². The van der Waals surface area contributed by atoms with Gasteiger partial charge in [0.25, 0.3) is 0 Å². The lowest BCUT2D eigenvalue weighted by Gasteiger charge is -2.34. The maximum atomic E-state index is 12.1. The first-order valence-corrected chi connectivity index (χ1v) is 11.2. The second-order valence-electron chi connectivity index (χ2n) is 8.40. The average molecular weight is 423 g/mol. The molecule has 0 saturated carbocycles. The number of rotatable bonds is 9. The Morgan fingerprint density at radius 1 is 1.24 bits per heavy atom. The predicted octanol–water partition coefficient (Wildman–Crippen LogP) is 2.18. The summed E-state index contributed by atoms with van der Waals surface area (Å²) in [6.07, 6.45) is 3.57. The summed E-state index contributed by atoms with van der Waals surface area (Å²) >= 11 is 5.96. The molecule has 2 saturated heterocycles. The molecule has 1 aromatic carbocycles. The predicted molar refractivity (Wildman–Crippen MR) is 117 cm³/mol. The van der Waals surface area contributed by atoms with E-state index in [0.717, 1.165) is 43.5 Å². The fourth-order valence-electron chi connectivity index (χ4n) is 4.44. The zero-order chi connectivity index (χ0) is 20.6. The minimum atomic E-state index is -0.243. The molecule has 0 aromatic heterocycles. The van der Waals surface area contributed by atoms with E-state index in [1.54, 1.807) is 0 Å². The Bertz CT molecular complexity index is 634. The van der Waals surface area contributed by atoms with Crippen molar-refractivity contribution in [1.82, 2.24) is 20.7 Å². The lowest BCUT2D eigenvalue weighted by atomic mass is 9.95. The molecule has 29 heavy (non-hydrogen) atoms. The Kier molecular flexibility index (Phi) is 8.75. The molecule has 162 valence electrons. The minimum absolute atomic E-state index is 0.148. The summed E-state index contributed by atoms with van der Waals surface area (Å²) in [6, 6.07) is 7.95. The van der Waals surface area contributed by atoms with Crippen molar-refractivity contribution >= 4 is 17.6 Å². The van der Waals surface area contributed by atoms with Crippen LogP contribution in [-0.2, 0) is 16.0 Å². The third-order valence-corrected chi connectivity index (χ3v) is 6.34. The number of piperidine rings is 1. The molecule has 2 fully saturated rings. The van der Waals surface area contributed by atoms with Gasteiger partial charge in [0.15, 0.2) is 0 Å². The molecule has 2 aliphatic rings. The molecule has 2 unspecified atom stereocenters. The first-order chi connectivity index (χ1) is 14.0. The second-order valence-corrected chi connectivity index (χ2v) is 8.83. The van der Waals surface area contributed by atoms with Crippen molar-refractivity contribution in [2.75, 3.05) is 52.9 Å².